The summed E-state index contributed by atoms with van der Waals surface area (Å²) < 4.78 is 69.8. The minimum Gasteiger partial charge on any atom is -0.463 e. The third kappa shape index (κ3) is 15.5. The molecule has 2 saturated heterocycles. The fourth-order valence-corrected chi connectivity index (χ4v) is 12.0. The van der Waals surface area contributed by atoms with E-state index in [1.807, 2.05) is 97.1 Å². The minimum atomic E-state index is -1.52. The number of hydrogen-bond donors (Lipinski definition) is 4. The van der Waals surface area contributed by atoms with Gasteiger partial charge in [0.25, 0.3) is 0 Å². The number of fused-ring (bicyclic) bond motifs is 8. The van der Waals surface area contributed by atoms with Crippen molar-refractivity contribution in [1.29, 1.82) is 0 Å². The number of H-pyrrole nitrogens is 2. The summed E-state index contributed by atoms with van der Waals surface area (Å²) in [5.74, 6) is -5.80. The first kappa shape index (κ1) is 67.8. The number of nitrogens with zero attached hydrogens (tertiary/aromatic N) is 2. The molecule has 2 fully saturated rings. The monoisotopic (exact) mass is 1340 g/mol. The quantitative estimate of drug-likeness (QED) is 0.0353. The van der Waals surface area contributed by atoms with Crippen LogP contribution in [0.1, 0.15) is 78.2 Å². The Morgan fingerprint density at radius 1 is 0.347 bits per heavy atom. The SMILES string of the molecule is CC(=O)OC[C@H]1O[C@@H](Oc2ccc(-c3c4nc(c(-c5ccc(N)cc5)c5ccc([nH]5)c(-c5ccc(N)cc5)c5nc(c(-c6ccc(O[C@@H]7O[C@H](COC(C)=O)[C@@H](OC(C)=O)[C@H](OC(C)=O)[C@H]7OC(C)=O)cc6)c6ccc3[nH]6)C=C5)C=C4)cc2)[C@H](OC(C)=O)[C@@H](OC(C)=O)[C@@H]1OC(C)=O. The van der Waals surface area contributed by atoms with Crippen molar-refractivity contribution in [3.8, 4) is 56.0 Å². The van der Waals surface area contributed by atoms with Crippen LogP contribution in [0.2, 0.25) is 0 Å². The van der Waals surface area contributed by atoms with E-state index < -0.39 is 122 Å². The van der Waals surface area contributed by atoms with Crippen LogP contribution in [-0.4, -0.2) is 142 Å². The zero-order chi connectivity index (χ0) is 69.6. The average Bonchev–Trinajstić information content (AvgIpc) is 1.43. The summed E-state index contributed by atoms with van der Waals surface area (Å²) >= 11 is 0. The molecule has 0 unspecified atom stereocenters. The van der Waals surface area contributed by atoms with E-state index in [1.54, 1.807) is 48.5 Å². The Kier molecular flexibility index (Phi) is 20.2. The highest BCUT2D eigenvalue weighted by Crippen LogP contribution is 2.41. The predicted octanol–water partition coefficient (Wildman–Crippen LogP) is 9.41. The van der Waals surface area contributed by atoms with Gasteiger partial charge in [0.2, 0.25) is 24.8 Å². The molecular formula is C72H68N6O20. The smallest absolute Gasteiger partial charge is 0.303 e. The number of esters is 8. The number of aromatic amines is 2. The van der Waals surface area contributed by atoms with E-state index >= 15 is 0 Å². The molecule has 3 aromatic heterocycles. The number of hydrogen-bond acceptors (Lipinski definition) is 24. The number of anilines is 2. The molecule has 0 aliphatic carbocycles. The molecule has 10 atom stereocenters. The van der Waals surface area contributed by atoms with Gasteiger partial charge in [0, 0.05) is 111 Å². The molecule has 4 aliphatic heterocycles. The van der Waals surface area contributed by atoms with E-state index in [4.69, 9.17) is 78.3 Å². The van der Waals surface area contributed by atoms with Crippen LogP contribution in [0, 0.1) is 0 Å². The zero-order valence-electron chi connectivity index (χ0n) is 54.3. The molecule has 7 heterocycles. The largest absolute Gasteiger partial charge is 0.463 e. The fourth-order valence-electron chi connectivity index (χ4n) is 12.0. The van der Waals surface area contributed by atoms with E-state index in [2.05, 4.69) is 9.97 Å². The highest BCUT2D eigenvalue weighted by atomic mass is 16.7. The van der Waals surface area contributed by atoms with Crippen LogP contribution >= 0.6 is 0 Å². The van der Waals surface area contributed by atoms with Crippen molar-refractivity contribution < 1.29 is 95.2 Å². The number of nitrogen functional groups attached to an aromatic ring is 2. The van der Waals surface area contributed by atoms with E-state index in [0.717, 1.165) is 63.8 Å². The van der Waals surface area contributed by atoms with Crippen LogP contribution in [0.25, 0.3) is 90.9 Å². The molecule has 26 nitrogen and oxygen atoms in total. The Labute approximate surface area is 560 Å². The highest BCUT2D eigenvalue weighted by Gasteiger charge is 2.55. The van der Waals surface area contributed by atoms with E-state index in [9.17, 15) is 38.4 Å². The first-order chi connectivity index (χ1) is 46.9. The molecule has 4 aliphatic rings. The number of nitrogens with two attached hydrogens (primary N) is 2. The maximum Gasteiger partial charge on any atom is 0.303 e. The van der Waals surface area contributed by atoms with Crippen LogP contribution < -0.4 is 20.9 Å². The zero-order valence-corrected chi connectivity index (χ0v) is 54.3. The van der Waals surface area contributed by atoms with Gasteiger partial charge in [-0.3, -0.25) is 38.4 Å². The lowest BCUT2D eigenvalue weighted by Gasteiger charge is -2.43. The topological polar surface area (TPSA) is 357 Å². The molecule has 26 heteroatoms. The molecule has 98 heavy (non-hydrogen) atoms. The van der Waals surface area contributed by atoms with Crippen molar-refractivity contribution in [2.45, 2.75) is 117 Å². The third-order valence-corrected chi connectivity index (χ3v) is 15.8. The number of carbonyl (C=O) groups excluding carboxylic acids is 8. The Hall–Kier alpha value is -11.6. The third-order valence-electron chi connectivity index (χ3n) is 15.8. The lowest BCUT2D eigenvalue weighted by atomic mass is 9.98. The number of aromatic nitrogens is 4. The van der Waals surface area contributed by atoms with E-state index in [-0.39, 0.29) is 11.5 Å². The van der Waals surface area contributed by atoms with Gasteiger partial charge in [-0.25, -0.2) is 9.97 Å². The number of rotatable bonds is 18. The van der Waals surface area contributed by atoms with Gasteiger partial charge in [-0.2, -0.15) is 0 Å². The van der Waals surface area contributed by atoms with Crippen molar-refractivity contribution in [3.63, 3.8) is 0 Å². The fraction of sp³-hybridized carbons (Fsp3) is 0.278. The normalized spacial score (nSPS) is 20.8. The molecule has 0 spiro atoms. The van der Waals surface area contributed by atoms with Gasteiger partial charge < -0.3 is 78.3 Å². The average molecular weight is 1340 g/mol. The van der Waals surface area contributed by atoms with Crippen molar-refractivity contribution in [2.24, 2.45) is 0 Å². The number of ether oxygens (including phenoxy) is 12. The first-order valence-corrected chi connectivity index (χ1v) is 31.0. The maximum atomic E-state index is 12.7. The summed E-state index contributed by atoms with van der Waals surface area (Å²) in [5.41, 5.74) is 24.1. The summed E-state index contributed by atoms with van der Waals surface area (Å²) in [6, 6.07) is 36.4. The van der Waals surface area contributed by atoms with Crippen LogP contribution in [-0.2, 0) is 85.7 Å². The van der Waals surface area contributed by atoms with Gasteiger partial charge in [-0.15, -0.1) is 0 Å². The molecule has 4 aromatic carbocycles. The second-order valence-corrected chi connectivity index (χ2v) is 23.2. The number of benzene rings is 4. The molecule has 0 amide bonds. The number of carbonyl (C=O) groups is 8. The molecule has 506 valence electrons. The summed E-state index contributed by atoms with van der Waals surface area (Å²) in [6.45, 7) is 8.18. The van der Waals surface area contributed by atoms with Crippen molar-refractivity contribution in [3.05, 3.63) is 144 Å². The second-order valence-electron chi connectivity index (χ2n) is 23.2. The molecule has 6 N–H and O–H groups in total. The van der Waals surface area contributed by atoms with Crippen molar-refractivity contribution in [1.82, 2.24) is 19.9 Å². The Morgan fingerprint density at radius 3 is 0.867 bits per heavy atom. The molecular weight excluding hydrogens is 1270 g/mol. The van der Waals surface area contributed by atoms with Crippen LogP contribution in [0.4, 0.5) is 11.4 Å². The summed E-state index contributed by atoms with van der Waals surface area (Å²) in [4.78, 5) is 118. The molecule has 11 rings (SSSR count). The van der Waals surface area contributed by atoms with Crippen LogP contribution in [0.15, 0.2) is 121 Å². The standard InChI is InChI=1S/C72H68N6O20/c1-35(79)87-33-59-65(89-37(3)81)67(91-39(5)83)69(93-41(7)85)71(97-59)95-49-21-13-45(14-22-49)63-55-29-27-53(76-55)61(43-9-17-47(73)18-10-43)51-25-26-52(75-51)62(44-11-19-48(74)20-12-44)54-28-30-56(77-54)64(58-32-31-57(63)78-58)46-15-23-50(24-16-46)96-72-70(94-42(8)86)68(92-40(6)84)66(90-38(4)82)60(98-72)34-88-36(2)80/h9-32,59-60,65-72,75,78H,33-34,73-74H2,1-8H3/t59-,60-,65-,66-,67+,68+,69-,70-,71-,72-/m1/s1. The Morgan fingerprint density at radius 2 is 0.602 bits per heavy atom. The lowest BCUT2D eigenvalue weighted by molar-refractivity contribution is -0.288. The number of nitrogens with one attached hydrogen (secondary N) is 2. The lowest BCUT2D eigenvalue weighted by Crippen LogP contribution is -2.63. The van der Waals surface area contributed by atoms with Crippen LogP contribution in [0.5, 0.6) is 11.5 Å². The van der Waals surface area contributed by atoms with E-state index in [0.29, 0.717) is 78.5 Å². The first-order valence-electron chi connectivity index (χ1n) is 31.0. The van der Waals surface area contributed by atoms with Gasteiger partial charge in [0.1, 0.15) is 36.9 Å². The summed E-state index contributed by atoms with van der Waals surface area (Å²) in [7, 11) is 0. The van der Waals surface area contributed by atoms with Gasteiger partial charge in [0.05, 0.1) is 22.8 Å². The van der Waals surface area contributed by atoms with Gasteiger partial charge in [0.15, 0.2) is 24.4 Å². The van der Waals surface area contributed by atoms with Crippen LogP contribution in [0.3, 0.4) is 0 Å². The van der Waals surface area contributed by atoms with Crippen molar-refractivity contribution in [2.75, 3.05) is 24.7 Å². The molecule has 0 radical (unpaired) electrons. The van der Waals surface area contributed by atoms with Crippen molar-refractivity contribution >= 4 is 106 Å². The van der Waals surface area contributed by atoms with E-state index in [1.165, 1.54) is 13.8 Å². The molecule has 8 bridgehead atoms. The maximum absolute atomic E-state index is 12.7. The predicted molar refractivity (Wildman–Crippen MR) is 355 cm³/mol. The second kappa shape index (κ2) is 29.1. The Balaban J connectivity index is 1.08. The van der Waals surface area contributed by atoms with Gasteiger partial charge in [-0.05, 0) is 119 Å². The highest BCUT2D eigenvalue weighted by molar-refractivity contribution is 6.00. The summed E-state index contributed by atoms with van der Waals surface area (Å²) in [6.07, 6.45) is -6.73. The van der Waals surface area contributed by atoms with Gasteiger partial charge in [-0.1, -0.05) is 48.5 Å². The molecule has 0 saturated carbocycles. The molecule has 7 aromatic rings. The van der Waals surface area contributed by atoms with Gasteiger partial charge >= 0.3 is 47.8 Å². The minimum absolute atomic E-state index is 0.179. The summed E-state index contributed by atoms with van der Waals surface area (Å²) in [5, 5.41) is 0. The Bertz CT molecular complexity index is 4210.